The number of rotatable bonds is 8. The summed E-state index contributed by atoms with van der Waals surface area (Å²) in [6, 6.07) is 0. The molecular formula is C13H27NO. The van der Waals surface area contributed by atoms with Gasteiger partial charge in [-0.3, -0.25) is 0 Å². The highest BCUT2D eigenvalue weighted by Crippen LogP contribution is 2.11. The summed E-state index contributed by atoms with van der Waals surface area (Å²) in [4.78, 5) is 0. The first-order chi connectivity index (χ1) is 7.13. The first-order valence-electron chi connectivity index (χ1n) is 6.11. The van der Waals surface area contributed by atoms with Crippen LogP contribution in [0.5, 0.6) is 0 Å². The Morgan fingerprint density at radius 2 is 1.87 bits per heavy atom. The quantitative estimate of drug-likeness (QED) is 0.496. The van der Waals surface area contributed by atoms with Crippen molar-refractivity contribution in [1.82, 2.24) is 0 Å². The van der Waals surface area contributed by atoms with E-state index in [1.54, 1.807) is 0 Å². The van der Waals surface area contributed by atoms with Crippen molar-refractivity contribution in [3.8, 4) is 0 Å². The van der Waals surface area contributed by atoms with E-state index in [4.69, 9.17) is 10.5 Å². The van der Waals surface area contributed by atoms with E-state index < -0.39 is 0 Å². The minimum absolute atomic E-state index is 0.218. The molecule has 0 aliphatic carbocycles. The second-order valence-electron chi connectivity index (χ2n) is 4.24. The summed E-state index contributed by atoms with van der Waals surface area (Å²) in [7, 11) is 0. The molecular weight excluding hydrogens is 186 g/mol. The Balaban J connectivity index is 3.69. The highest BCUT2D eigenvalue weighted by Gasteiger charge is 2.06. The van der Waals surface area contributed by atoms with E-state index in [2.05, 4.69) is 27.7 Å². The van der Waals surface area contributed by atoms with Gasteiger partial charge in [0.15, 0.2) is 0 Å². The Bertz CT molecular complexity index is 187. The topological polar surface area (TPSA) is 35.2 Å². The normalized spacial score (nSPS) is 15.0. The van der Waals surface area contributed by atoms with Gasteiger partial charge in [-0.05, 0) is 32.8 Å². The third-order valence-electron chi connectivity index (χ3n) is 2.95. The standard InChI is InChI=1S/C13H27NO/c1-5-6-7-8-9-15-13(4)12(3)11(2)10-14/h13H,5-10,14H2,1-4H3/b12-11+. The smallest absolute Gasteiger partial charge is 0.0757 e. The Morgan fingerprint density at radius 1 is 1.20 bits per heavy atom. The van der Waals surface area contributed by atoms with Crippen LogP contribution in [-0.2, 0) is 4.74 Å². The molecule has 0 saturated heterocycles. The largest absolute Gasteiger partial charge is 0.374 e. The minimum atomic E-state index is 0.218. The van der Waals surface area contributed by atoms with Crippen LogP contribution >= 0.6 is 0 Å². The summed E-state index contributed by atoms with van der Waals surface area (Å²) < 4.78 is 5.76. The minimum Gasteiger partial charge on any atom is -0.374 e. The van der Waals surface area contributed by atoms with E-state index in [1.165, 1.54) is 36.8 Å². The molecule has 0 fully saturated rings. The molecule has 0 bridgehead atoms. The molecule has 0 saturated carbocycles. The van der Waals surface area contributed by atoms with Gasteiger partial charge in [-0.2, -0.15) is 0 Å². The number of unbranched alkanes of at least 4 members (excludes halogenated alkanes) is 3. The fraction of sp³-hybridized carbons (Fsp3) is 0.846. The Hall–Kier alpha value is -0.340. The van der Waals surface area contributed by atoms with Crippen molar-refractivity contribution in [3.05, 3.63) is 11.1 Å². The molecule has 0 aromatic heterocycles. The third kappa shape index (κ3) is 6.69. The second-order valence-corrected chi connectivity index (χ2v) is 4.24. The molecule has 0 rings (SSSR count). The van der Waals surface area contributed by atoms with E-state index in [1.807, 2.05) is 0 Å². The van der Waals surface area contributed by atoms with E-state index >= 15 is 0 Å². The van der Waals surface area contributed by atoms with Crippen molar-refractivity contribution in [3.63, 3.8) is 0 Å². The molecule has 0 spiro atoms. The first kappa shape index (κ1) is 14.7. The van der Waals surface area contributed by atoms with Gasteiger partial charge in [-0.25, -0.2) is 0 Å². The predicted octanol–water partition coefficient (Wildman–Crippen LogP) is 3.27. The monoisotopic (exact) mass is 213 g/mol. The van der Waals surface area contributed by atoms with Crippen molar-refractivity contribution in [1.29, 1.82) is 0 Å². The zero-order valence-electron chi connectivity index (χ0n) is 10.8. The van der Waals surface area contributed by atoms with Gasteiger partial charge in [0.05, 0.1) is 6.10 Å². The van der Waals surface area contributed by atoms with Gasteiger partial charge in [0.1, 0.15) is 0 Å². The number of ether oxygens (including phenoxy) is 1. The maximum atomic E-state index is 5.76. The van der Waals surface area contributed by atoms with Crippen molar-refractivity contribution in [2.75, 3.05) is 13.2 Å². The zero-order valence-corrected chi connectivity index (χ0v) is 10.8. The Kier molecular flexibility index (Phi) is 8.73. The summed E-state index contributed by atoms with van der Waals surface area (Å²) in [5.41, 5.74) is 8.12. The van der Waals surface area contributed by atoms with Crippen LogP contribution in [0.3, 0.4) is 0 Å². The molecule has 0 aromatic carbocycles. The average molecular weight is 213 g/mol. The molecule has 0 aliphatic rings. The predicted molar refractivity (Wildman–Crippen MR) is 67.0 cm³/mol. The lowest BCUT2D eigenvalue weighted by molar-refractivity contribution is 0.0858. The van der Waals surface area contributed by atoms with Gasteiger partial charge < -0.3 is 10.5 Å². The summed E-state index contributed by atoms with van der Waals surface area (Å²) in [6.45, 7) is 10.0. The zero-order chi connectivity index (χ0) is 11.7. The Labute approximate surface area is 94.9 Å². The molecule has 2 nitrogen and oxygen atoms in total. The first-order valence-corrected chi connectivity index (χ1v) is 6.11. The van der Waals surface area contributed by atoms with Gasteiger partial charge in [0.25, 0.3) is 0 Å². The third-order valence-corrected chi connectivity index (χ3v) is 2.95. The van der Waals surface area contributed by atoms with E-state index in [9.17, 15) is 0 Å². The molecule has 15 heavy (non-hydrogen) atoms. The summed E-state index contributed by atoms with van der Waals surface area (Å²) in [5, 5.41) is 0. The van der Waals surface area contributed by atoms with E-state index in [0.29, 0.717) is 6.54 Å². The Morgan fingerprint density at radius 3 is 2.40 bits per heavy atom. The SMILES string of the molecule is CCCCCCOC(C)/C(C)=C(\C)CN. The number of hydrogen-bond donors (Lipinski definition) is 1. The number of hydrogen-bond acceptors (Lipinski definition) is 2. The van der Waals surface area contributed by atoms with Crippen LogP contribution in [0.4, 0.5) is 0 Å². The van der Waals surface area contributed by atoms with Crippen LogP contribution in [0.15, 0.2) is 11.1 Å². The van der Waals surface area contributed by atoms with Gasteiger partial charge in [-0.1, -0.05) is 31.8 Å². The van der Waals surface area contributed by atoms with Crippen LogP contribution in [0.1, 0.15) is 53.4 Å². The lowest BCUT2D eigenvalue weighted by atomic mass is 10.1. The molecule has 0 radical (unpaired) electrons. The molecule has 90 valence electrons. The van der Waals surface area contributed by atoms with Crippen LogP contribution in [0, 0.1) is 0 Å². The summed E-state index contributed by atoms with van der Waals surface area (Å²) in [6.07, 6.45) is 5.26. The highest BCUT2D eigenvalue weighted by atomic mass is 16.5. The molecule has 1 unspecified atom stereocenters. The maximum Gasteiger partial charge on any atom is 0.0757 e. The fourth-order valence-electron chi connectivity index (χ4n) is 1.42. The molecule has 0 aliphatic heterocycles. The van der Waals surface area contributed by atoms with Crippen LogP contribution in [0.25, 0.3) is 0 Å². The molecule has 1 atom stereocenters. The fourth-order valence-corrected chi connectivity index (χ4v) is 1.42. The van der Waals surface area contributed by atoms with E-state index in [0.717, 1.165) is 6.61 Å². The van der Waals surface area contributed by atoms with Gasteiger partial charge >= 0.3 is 0 Å². The van der Waals surface area contributed by atoms with Crippen LogP contribution in [-0.4, -0.2) is 19.3 Å². The van der Waals surface area contributed by atoms with Crippen molar-refractivity contribution < 1.29 is 4.74 Å². The molecule has 0 heterocycles. The van der Waals surface area contributed by atoms with Gasteiger partial charge in [-0.15, -0.1) is 0 Å². The average Bonchev–Trinajstić information content (AvgIpc) is 2.26. The maximum absolute atomic E-state index is 5.76. The van der Waals surface area contributed by atoms with Crippen LogP contribution < -0.4 is 5.73 Å². The molecule has 0 amide bonds. The number of nitrogens with two attached hydrogens (primary N) is 1. The van der Waals surface area contributed by atoms with Crippen molar-refractivity contribution >= 4 is 0 Å². The summed E-state index contributed by atoms with van der Waals surface area (Å²) in [5.74, 6) is 0. The lowest BCUT2D eigenvalue weighted by Crippen LogP contribution is -2.14. The molecule has 2 N–H and O–H groups in total. The highest BCUT2D eigenvalue weighted by molar-refractivity contribution is 5.14. The lowest BCUT2D eigenvalue weighted by Gasteiger charge is -2.16. The van der Waals surface area contributed by atoms with Crippen molar-refractivity contribution in [2.45, 2.75) is 59.5 Å². The second kappa shape index (κ2) is 8.93. The van der Waals surface area contributed by atoms with Crippen molar-refractivity contribution in [2.24, 2.45) is 5.73 Å². The van der Waals surface area contributed by atoms with Gasteiger partial charge in [0, 0.05) is 13.2 Å². The van der Waals surface area contributed by atoms with Gasteiger partial charge in [0.2, 0.25) is 0 Å². The molecule has 2 heteroatoms. The summed E-state index contributed by atoms with van der Waals surface area (Å²) >= 11 is 0. The van der Waals surface area contributed by atoms with Crippen LogP contribution in [0.2, 0.25) is 0 Å². The van der Waals surface area contributed by atoms with E-state index in [-0.39, 0.29) is 6.10 Å². The molecule has 0 aromatic rings.